The van der Waals surface area contributed by atoms with Gasteiger partial charge in [-0.25, -0.2) is 4.39 Å². The van der Waals surface area contributed by atoms with Crippen LogP contribution in [0, 0.1) is 5.82 Å². The summed E-state index contributed by atoms with van der Waals surface area (Å²) in [5.74, 6) is 0.592. The molecule has 0 saturated carbocycles. The van der Waals surface area contributed by atoms with E-state index in [1.54, 1.807) is 24.5 Å². The van der Waals surface area contributed by atoms with E-state index in [-0.39, 0.29) is 18.2 Å². The third kappa shape index (κ3) is 3.83. The fourth-order valence-corrected chi connectivity index (χ4v) is 1.67. The lowest BCUT2D eigenvalue weighted by Gasteiger charge is -2.09. The Morgan fingerprint density at radius 1 is 1.26 bits per heavy atom. The molecule has 0 saturated heterocycles. The van der Waals surface area contributed by atoms with Crippen molar-refractivity contribution in [2.45, 2.75) is 33.0 Å². The van der Waals surface area contributed by atoms with Crippen LogP contribution < -0.4 is 10.1 Å². The molecule has 1 N–H and O–H groups in total. The Morgan fingerprint density at radius 2 is 2.05 bits per heavy atom. The van der Waals surface area contributed by atoms with E-state index in [1.165, 1.54) is 6.07 Å². The monoisotopic (exact) mass is 263 g/mol. The molecule has 0 radical (unpaired) electrons. The Bertz CT molecular complexity index is 522. The van der Waals surface area contributed by atoms with Gasteiger partial charge in [0, 0.05) is 18.2 Å². The highest BCUT2D eigenvalue weighted by atomic mass is 19.1. The zero-order chi connectivity index (χ0) is 13.7. The smallest absolute Gasteiger partial charge is 0.165 e. The maximum absolute atomic E-state index is 13.4. The Balaban J connectivity index is 1.96. The average Bonchev–Trinajstić information content (AvgIpc) is 2.83. The standard InChI is InChI=1S/C15H18FNO2/c1-11(2)17-9-12-7-8-18-15(12)10-19-14-6-4-3-5-13(14)16/h3-8,11,17H,9-10H2,1-2H3. The van der Waals surface area contributed by atoms with Gasteiger partial charge in [0.15, 0.2) is 11.6 Å². The normalized spacial score (nSPS) is 10.9. The topological polar surface area (TPSA) is 34.4 Å². The molecule has 0 spiro atoms. The number of rotatable bonds is 6. The van der Waals surface area contributed by atoms with Crippen molar-refractivity contribution in [1.29, 1.82) is 0 Å². The van der Waals surface area contributed by atoms with Crippen LogP contribution in [-0.4, -0.2) is 6.04 Å². The molecule has 1 heterocycles. The predicted molar refractivity (Wildman–Crippen MR) is 71.4 cm³/mol. The van der Waals surface area contributed by atoms with E-state index in [9.17, 15) is 4.39 Å². The number of halogens is 1. The van der Waals surface area contributed by atoms with Crippen LogP contribution in [-0.2, 0) is 13.2 Å². The second-order valence-corrected chi connectivity index (χ2v) is 4.62. The summed E-state index contributed by atoms with van der Waals surface area (Å²) in [7, 11) is 0. The van der Waals surface area contributed by atoms with Gasteiger partial charge < -0.3 is 14.5 Å². The molecule has 2 rings (SSSR count). The Morgan fingerprint density at radius 3 is 2.79 bits per heavy atom. The molecule has 0 bridgehead atoms. The first kappa shape index (κ1) is 13.6. The first-order valence-corrected chi connectivity index (χ1v) is 6.33. The molecule has 0 unspecified atom stereocenters. The van der Waals surface area contributed by atoms with Crippen molar-refractivity contribution in [3.05, 3.63) is 53.7 Å². The van der Waals surface area contributed by atoms with E-state index in [2.05, 4.69) is 19.2 Å². The number of nitrogens with one attached hydrogen (secondary N) is 1. The minimum absolute atomic E-state index is 0.225. The highest BCUT2D eigenvalue weighted by molar-refractivity contribution is 5.24. The van der Waals surface area contributed by atoms with Gasteiger partial charge in [-0.05, 0) is 18.2 Å². The minimum atomic E-state index is -0.365. The lowest BCUT2D eigenvalue weighted by atomic mass is 10.2. The molecule has 0 amide bonds. The third-order valence-electron chi connectivity index (χ3n) is 2.73. The maximum atomic E-state index is 13.4. The summed E-state index contributed by atoms with van der Waals surface area (Å²) in [6.45, 7) is 5.10. The molecule has 0 atom stereocenters. The van der Waals surface area contributed by atoms with Crippen LogP contribution in [0.5, 0.6) is 5.75 Å². The first-order valence-electron chi connectivity index (χ1n) is 6.33. The molecule has 2 aromatic rings. The lowest BCUT2D eigenvalue weighted by molar-refractivity contribution is 0.256. The highest BCUT2D eigenvalue weighted by Crippen LogP contribution is 2.19. The number of hydrogen-bond donors (Lipinski definition) is 1. The summed E-state index contributed by atoms with van der Waals surface area (Å²) in [5.41, 5.74) is 1.03. The van der Waals surface area contributed by atoms with E-state index in [4.69, 9.17) is 9.15 Å². The first-order chi connectivity index (χ1) is 9.16. The predicted octanol–water partition coefficient (Wildman–Crippen LogP) is 3.50. The van der Waals surface area contributed by atoms with Crippen LogP contribution >= 0.6 is 0 Å². The second-order valence-electron chi connectivity index (χ2n) is 4.62. The Hall–Kier alpha value is -1.81. The van der Waals surface area contributed by atoms with Gasteiger partial charge >= 0.3 is 0 Å². The molecule has 0 aliphatic rings. The summed E-state index contributed by atoms with van der Waals surface area (Å²) < 4.78 is 24.2. The summed E-state index contributed by atoms with van der Waals surface area (Å²) >= 11 is 0. The molecule has 4 heteroatoms. The molecular weight excluding hydrogens is 245 g/mol. The van der Waals surface area contributed by atoms with Gasteiger partial charge in [0.2, 0.25) is 0 Å². The number of benzene rings is 1. The second kappa shape index (κ2) is 6.38. The van der Waals surface area contributed by atoms with Crippen molar-refractivity contribution in [3.63, 3.8) is 0 Å². The van der Waals surface area contributed by atoms with Crippen molar-refractivity contribution in [2.24, 2.45) is 0 Å². The molecule has 1 aromatic carbocycles. The van der Waals surface area contributed by atoms with Gasteiger partial charge in [-0.3, -0.25) is 0 Å². The van der Waals surface area contributed by atoms with Crippen LogP contribution in [0.4, 0.5) is 4.39 Å². The van der Waals surface area contributed by atoms with Crippen molar-refractivity contribution >= 4 is 0 Å². The molecular formula is C15H18FNO2. The Labute approximate surface area is 112 Å². The van der Waals surface area contributed by atoms with Crippen LogP contribution in [0.1, 0.15) is 25.2 Å². The van der Waals surface area contributed by atoms with Crippen LogP contribution in [0.3, 0.4) is 0 Å². The number of ether oxygens (including phenoxy) is 1. The number of hydrogen-bond acceptors (Lipinski definition) is 3. The quantitative estimate of drug-likeness (QED) is 0.866. The maximum Gasteiger partial charge on any atom is 0.165 e. The molecule has 1 aromatic heterocycles. The van der Waals surface area contributed by atoms with Crippen molar-refractivity contribution < 1.29 is 13.5 Å². The highest BCUT2D eigenvalue weighted by Gasteiger charge is 2.09. The van der Waals surface area contributed by atoms with E-state index in [0.29, 0.717) is 12.6 Å². The number of para-hydroxylation sites is 1. The van der Waals surface area contributed by atoms with Crippen molar-refractivity contribution in [2.75, 3.05) is 0 Å². The molecule has 0 fully saturated rings. The minimum Gasteiger partial charge on any atom is -0.483 e. The Kier molecular flexibility index (Phi) is 4.58. The molecule has 0 aliphatic heterocycles. The lowest BCUT2D eigenvalue weighted by Crippen LogP contribution is -2.22. The molecule has 0 aliphatic carbocycles. The largest absolute Gasteiger partial charge is 0.483 e. The fraction of sp³-hybridized carbons (Fsp3) is 0.333. The van der Waals surface area contributed by atoms with Gasteiger partial charge in [0.05, 0.1) is 6.26 Å². The molecule has 102 valence electrons. The fourth-order valence-electron chi connectivity index (χ4n) is 1.67. The van der Waals surface area contributed by atoms with E-state index >= 15 is 0 Å². The molecule has 3 nitrogen and oxygen atoms in total. The van der Waals surface area contributed by atoms with Crippen LogP contribution in [0.15, 0.2) is 41.0 Å². The van der Waals surface area contributed by atoms with Gasteiger partial charge in [-0.1, -0.05) is 26.0 Å². The van der Waals surface area contributed by atoms with Crippen molar-refractivity contribution in [1.82, 2.24) is 5.32 Å². The summed E-state index contributed by atoms with van der Waals surface area (Å²) in [6.07, 6.45) is 1.62. The van der Waals surface area contributed by atoms with Crippen LogP contribution in [0.2, 0.25) is 0 Å². The van der Waals surface area contributed by atoms with Crippen molar-refractivity contribution in [3.8, 4) is 5.75 Å². The zero-order valence-corrected chi connectivity index (χ0v) is 11.2. The summed E-state index contributed by atoms with van der Waals surface area (Å²) in [5, 5.41) is 3.31. The van der Waals surface area contributed by atoms with E-state index < -0.39 is 0 Å². The van der Waals surface area contributed by atoms with Gasteiger partial charge in [0.25, 0.3) is 0 Å². The summed E-state index contributed by atoms with van der Waals surface area (Å²) in [4.78, 5) is 0. The SMILES string of the molecule is CC(C)NCc1ccoc1COc1ccccc1F. The third-order valence-corrected chi connectivity index (χ3v) is 2.73. The summed E-state index contributed by atoms with van der Waals surface area (Å²) in [6, 6.07) is 8.64. The van der Waals surface area contributed by atoms with Gasteiger partial charge in [-0.15, -0.1) is 0 Å². The van der Waals surface area contributed by atoms with Gasteiger partial charge in [0.1, 0.15) is 12.4 Å². The van der Waals surface area contributed by atoms with E-state index in [1.807, 2.05) is 6.07 Å². The van der Waals surface area contributed by atoms with Crippen LogP contribution in [0.25, 0.3) is 0 Å². The van der Waals surface area contributed by atoms with E-state index in [0.717, 1.165) is 11.3 Å². The van der Waals surface area contributed by atoms with Gasteiger partial charge in [-0.2, -0.15) is 0 Å². The molecule has 19 heavy (non-hydrogen) atoms. The number of furan rings is 1. The average molecular weight is 263 g/mol. The zero-order valence-electron chi connectivity index (χ0n) is 11.2.